The quantitative estimate of drug-likeness (QED) is 0.623. The highest BCUT2D eigenvalue weighted by Gasteiger charge is 2.13. The highest BCUT2D eigenvalue weighted by molar-refractivity contribution is 5.61. The Morgan fingerprint density at radius 3 is 2.68 bits per heavy atom. The minimum atomic E-state index is 0.571. The van der Waals surface area contributed by atoms with Crippen LogP contribution in [-0.4, -0.2) is 29.4 Å². The molecule has 7 nitrogen and oxygen atoms in total. The van der Waals surface area contributed by atoms with Crippen molar-refractivity contribution in [2.24, 2.45) is 0 Å². The molecule has 7 heteroatoms. The van der Waals surface area contributed by atoms with Crippen molar-refractivity contribution < 1.29 is 0 Å². The number of benzene rings is 1. The fourth-order valence-corrected chi connectivity index (χ4v) is 2.88. The summed E-state index contributed by atoms with van der Waals surface area (Å²) in [5.74, 6) is 1.38. The van der Waals surface area contributed by atoms with Gasteiger partial charge in [-0.15, -0.1) is 0 Å². The first kappa shape index (κ1) is 15.3. The largest absolute Gasteiger partial charge is 0.337 e. The summed E-state index contributed by atoms with van der Waals surface area (Å²) in [7, 11) is 0. The summed E-state index contributed by atoms with van der Waals surface area (Å²) in [6.45, 7) is 8.16. The van der Waals surface area contributed by atoms with Crippen molar-refractivity contribution in [3.8, 4) is 5.69 Å². The van der Waals surface area contributed by atoms with E-state index in [2.05, 4.69) is 57.5 Å². The lowest BCUT2D eigenvalue weighted by Gasteiger charge is -2.11. The van der Waals surface area contributed by atoms with Gasteiger partial charge in [0.15, 0.2) is 0 Å². The number of fused-ring (bicyclic) bond motifs is 1. The number of aryl methyl sites for hydroxylation is 3. The van der Waals surface area contributed by atoms with Crippen LogP contribution in [0.25, 0.3) is 11.5 Å². The molecule has 3 heterocycles. The molecule has 1 N–H and O–H groups in total. The zero-order valence-corrected chi connectivity index (χ0v) is 14.6. The van der Waals surface area contributed by atoms with Crippen LogP contribution in [0, 0.1) is 27.7 Å². The van der Waals surface area contributed by atoms with Gasteiger partial charge in [-0.25, -0.2) is 9.67 Å². The van der Waals surface area contributed by atoms with Crippen molar-refractivity contribution in [3.05, 3.63) is 59.3 Å². The smallest absolute Gasteiger partial charge is 0.254 e. The van der Waals surface area contributed by atoms with E-state index >= 15 is 0 Å². The van der Waals surface area contributed by atoms with Crippen LogP contribution in [0.4, 0.5) is 11.5 Å². The number of hydrogen-bond donors (Lipinski definition) is 1. The van der Waals surface area contributed by atoms with E-state index in [1.807, 2.05) is 30.8 Å². The predicted molar refractivity (Wildman–Crippen MR) is 96.6 cm³/mol. The van der Waals surface area contributed by atoms with Crippen molar-refractivity contribution >= 4 is 17.3 Å². The van der Waals surface area contributed by atoms with E-state index in [4.69, 9.17) is 0 Å². The lowest BCUT2D eigenvalue weighted by molar-refractivity contribution is 0.839. The van der Waals surface area contributed by atoms with E-state index in [1.165, 1.54) is 17.5 Å². The molecule has 0 spiro atoms. The first-order chi connectivity index (χ1) is 12.0. The van der Waals surface area contributed by atoms with Crippen LogP contribution in [0.1, 0.15) is 22.5 Å². The Labute approximate surface area is 145 Å². The molecular formula is C18H19N7. The Kier molecular flexibility index (Phi) is 3.49. The molecule has 0 saturated carbocycles. The second-order valence-electron chi connectivity index (χ2n) is 6.23. The van der Waals surface area contributed by atoms with Gasteiger partial charge < -0.3 is 5.32 Å². The summed E-state index contributed by atoms with van der Waals surface area (Å²) in [4.78, 5) is 8.52. The normalized spacial score (nSPS) is 11.2. The maximum atomic E-state index is 4.57. The SMILES string of the molecule is Cc1ccc(C)c(-n2ncc(Nc3cc(C)nc4ncnn34)c2C)c1. The molecule has 0 aliphatic carbocycles. The molecule has 0 unspecified atom stereocenters. The Morgan fingerprint density at radius 1 is 1.00 bits per heavy atom. The maximum absolute atomic E-state index is 4.57. The van der Waals surface area contributed by atoms with Crippen molar-refractivity contribution in [1.82, 2.24) is 29.4 Å². The standard InChI is InChI=1S/C18H19N7/c1-11-5-6-12(2)16(7-11)24-14(4)15(9-20-24)23-17-8-13(3)22-18-19-10-21-25(17)18/h5-10,23H,1-4H3. The van der Waals surface area contributed by atoms with Crippen LogP contribution in [0.3, 0.4) is 0 Å². The van der Waals surface area contributed by atoms with Gasteiger partial charge >= 0.3 is 0 Å². The molecule has 4 aromatic rings. The molecule has 0 aliphatic heterocycles. The number of hydrogen-bond acceptors (Lipinski definition) is 5. The summed E-state index contributed by atoms with van der Waals surface area (Å²) in [5.41, 5.74) is 6.30. The van der Waals surface area contributed by atoms with Gasteiger partial charge in [0.25, 0.3) is 5.78 Å². The molecule has 3 aromatic heterocycles. The Hall–Kier alpha value is -3.22. The van der Waals surface area contributed by atoms with E-state index in [9.17, 15) is 0 Å². The molecule has 4 rings (SSSR count). The summed E-state index contributed by atoms with van der Waals surface area (Å²) in [6, 6.07) is 8.31. The molecule has 0 amide bonds. The highest BCUT2D eigenvalue weighted by Crippen LogP contribution is 2.25. The Bertz CT molecular complexity index is 1070. The number of anilines is 2. The van der Waals surface area contributed by atoms with Gasteiger partial charge in [-0.1, -0.05) is 12.1 Å². The number of nitrogens with one attached hydrogen (secondary N) is 1. The molecule has 0 bridgehead atoms. The van der Waals surface area contributed by atoms with Gasteiger partial charge in [0.2, 0.25) is 0 Å². The van der Waals surface area contributed by atoms with E-state index in [0.29, 0.717) is 5.78 Å². The van der Waals surface area contributed by atoms with Gasteiger partial charge in [0, 0.05) is 11.8 Å². The van der Waals surface area contributed by atoms with Gasteiger partial charge in [0.1, 0.15) is 12.1 Å². The van der Waals surface area contributed by atoms with Crippen LogP contribution in [0.5, 0.6) is 0 Å². The molecule has 25 heavy (non-hydrogen) atoms. The van der Waals surface area contributed by atoms with Gasteiger partial charge in [-0.05, 0) is 44.9 Å². The summed E-state index contributed by atoms with van der Waals surface area (Å²) in [6.07, 6.45) is 3.33. The number of rotatable bonds is 3. The van der Waals surface area contributed by atoms with Gasteiger partial charge in [-0.2, -0.15) is 19.7 Å². The first-order valence-electron chi connectivity index (χ1n) is 8.09. The third-order valence-corrected chi connectivity index (χ3v) is 4.25. The molecular weight excluding hydrogens is 314 g/mol. The van der Waals surface area contributed by atoms with E-state index in [1.54, 1.807) is 4.52 Å². The average molecular weight is 333 g/mol. The minimum absolute atomic E-state index is 0.571. The molecule has 0 radical (unpaired) electrons. The monoisotopic (exact) mass is 333 g/mol. The molecule has 0 aliphatic rings. The van der Waals surface area contributed by atoms with Crippen molar-refractivity contribution in [3.63, 3.8) is 0 Å². The van der Waals surface area contributed by atoms with Crippen molar-refractivity contribution in [2.75, 3.05) is 5.32 Å². The zero-order valence-electron chi connectivity index (χ0n) is 14.6. The van der Waals surface area contributed by atoms with Crippen LogP contribution in [0.15, 0.2) is 36.8 Å². The van der Waals surface area contributed by atoms with E-state index in [0.717, 1.165) is 28.6 Å². The third kappa shape index (κ3) is 2.63. The van der Waals surface area contributed by atoms with Gasteiger partial charge in [0.05, 0.1) is 23.3 Å². The Morgan fingerprint density at radius 2 is 1.84 bits per heavy atom. The second-order valence-corrected chi connectivity index (χ2v) is 6.23. The van der Waals surface area contributed by atoms with E-state index in [-0.39, 0.29) is 0 Å². The van der Waals surface area contributed by atoms with Crippen LogP contribution in [0.2, 0.25) is 0 Å². The van der Waals surface area contributed by atoms with Crippen LogP contribution >= 0.6 is 0 Å². The van der Waals surface area contributed by atoms with Gasteiger partial charge in [-0.3, -0.25) is 0 Å². The summed E-state index contributed by atoms with van der Waals surface area (Å²) < 4.78 is 3.64. The lowest BCUT2D eigenvalue weighted by atomic mass is 10.1. The predicted octanol–water partition coefficient (Wildman–Crippen LogP) is 3.29. The second kappa shape index (κ2) is 5.70. The van der Waals surface area contributed by atoms with Crippen LogP contribution < -0.4 is 5.32 Å². The third-order valence-electron chi connectivity index (χ3n) is 4.25. The maximum Gasteiger partial charge on any atom is 0.254 e. The average Bonchev–Trinajstić information content (AvgIpc) is 3.17. The van der Waals surface area contributed by atoms with E-state index < -0.39 is 0 Å². The highest BCUT2D eigenvalue weighted by atomic mass is 15.4. The summed E-state index contributed by atoms with van der Waals surface area (Å²) >= 11 is 0. The lowest BCUT2D eigenvalue weighted by Crippen LogP contribution is -2.05. The van der Waals surface area contributed by atoms with Crippen LogP contribution in [-0.2, 0) is 0 Å². The fraction of sp³-hybridized carbons (Fsp3) is 0.222. The molecule has 0 atom stereocenters. The Balaban J connectivity index is 1.76. The first-order valence-corrected chi connectivity index (χ1v) is 8.09. The fourth-order valence-electron chi connectivity index (χ4n) is 2.88. The van der Waals surface area contributed by atoms with Crippen molar-refractivity contribution in [1.29, 1.82) is 0 Å². The topological polar surface area (TPSA) is 72.9 Å². The van der Waals surface area contributed by atoms with Crippen molar-refractivity contribution in [2.45, 2.75) is 27.7 Å². The number of aromatic nitrogens is 6. The molecule has 1 aromatic carbocycles. The molecule has 0 saturated heterocycles. The number of nitrogens with zero attached hydrogens (tertiary/aromatic N) is 6. The molecule has 0 fully saturated rings. The summed E-state index contributed by atoms with van der Waals surface area (Å²) in [5, 5.41) is 12.2. The minimum Gasteiger partial charge on any atom is -0.337 e. The zero-order chi connectivity index (χ0) is 17.6. The molecule has 126 valence electrons.